The molecule has 0 spiro atoms. The lowest BCUT2D eigenvalue weighted by atomic mass is 10.1. The van der Waals surface area contributed by atoms with E-state index in [1.807, 2.05) is 65.3 Å². The first-order valence-electron chi connectivity index (χ1n) is 12.5. The molecule has 10 nitrogen and oxygen atoms in total. The highest BCUT2D eigenvalue weighted by Crippen LogP contribution is 2.43. The Morgan fingerprint density at radius 1 is 0.850 bits per heavy atom. The summed E-state index contributed by atoms with van der Waals surface area (Å²) in [5, 5.41) is 7.66. The molecule has 0 saturated heterocycles. The van der Waals surface area contributed by atoms with Crippen molar-refractivity contribution < 1.29 is 28.6 Å². The topological polar surface area (TPSA) is 87.5 Å². The molecular weight excluding hydrogens is 512 g/mol. The molecule has 0 fully saturated rings. The lowest BCUT2D eigenvalue weighted by Crippen LogP contribution is -2.37. The minimum absolute atomic E-state index is 0.256. The first kappa shape index (κ1) is 26.5. The molecule has 0 saturated carbocycles. The molecule has 2 heterocycles. The van der Waals surface area contributed by atoms with Crippen LogP contribution in [0.4, 0.5) is 5.69 Å². The molecule has 0 aliphatic carbocycles. The number of hydrogen-bond acceptors (Lipinski definition) is 8. The zero-order valence-electron chi connectivity index (χ0n) is 23.0. The first-order chi connectivity index (χ1) is 19.4. The van der Waals surface area contributed by atoms with Gasteiger partial charge in [-0.25, -0.2) is 0 Å². The van der Waals surface area contributed by atoms with Crippen LogP contribution in [-0.2, 0) is 16.2 Å². The van der Waals surface area contributed by atoms with Gasteiger partial charge in [0.15, 0.2) is 11.5 Å². The van der Waals surface area contributed by atoms with Gasteiger partial charge >= 0.3 is 0 Å². The van der Waals surface area contributed by atoms with Crippen molar-refractivity contribution in [2.45, 2.75) is 13.5 Å². The Hall–Kier alpha value is -5.12. The molecule has 1 aromatic heterocycles. The number of methoxy groups -OCH3 is 4. The predicted octanol–water partition coefficient (Wildman–Crippen LogP) is 5.15. The summed E-state index contributed by atoms with van der Waals surface area (Å²) in [6, 6.07) is 23.0. The second kappa shape index (κ2) is 11.3. The van der Waals surface area contributed by atoms with E-state index in [4.69, 9.17) is 28.9 Å². The molecule has 1 aliphatic heterocycles. The molecule has 0 bridgehead atoms. The lowest BCUT2D eigenvalue weighted by molar-refractivity contribution is -0.129. The molecule has 0 unspecified atom stereocenters. The van der Waals surface area contributed by atoms with Crippen molar-refractivity contribution in [3.8, 4) is 34.3 Å². The highest BCUT2D eigenvalue weighted by atomic mass is 16.7. The Bertz CT molecular complexity index is 1510. The number of benzene rings is 3. The Morgan fingerprint density at radius 2 is 1.52 bits per heavy atom. The third kappa shape index (κ3) is 5.11. The number of carbonyl (C=O) groups is 1. The number of anilines is 1. The molecule has 10 heteroatoms. The van der Waals surface area contributed by atoms with E-state index in [2.05, 4.69) is 0 Å². The monoisotopic (exact) mass is 542 g/mol. The van der Waals surface area contributed by atoms with Gasteiger partial charge in [-0.15, -0.1) is 5.17 Å². The molecule has 3 aromatic carbocycles. The molecule has 4 aromatic rings. The zero-order valence-corrected chi connectivity index (χ0v) is 23.0. The van der Waals surface area contributed by atoms with Gasteiger partial charge in [-0.3, -0.25) is 9.48 Å². The van der Waals surface area contributed by atoms with E-state index < -0.39 is 0 Å². The van der Waals surface area contributed by atoms with E-state index in [-0.39, 0.29) is 5.91 Å². The SMILES string of the molecule is COc1ccc(-c2cc(C3=CN(C(C)=O)N(c4cc(OC)c(OC)c(OC)c4)O3)n(Cc3ccccc3)n2)cc1. The van der Waals surface area contributed by atoms with E-state index in [1.54, 1.807) is 25.4 Å². The smallest absolute Gasteiger partial charge is 0.244 e. The van der Waals surface area contributed by atoms with Crippen molar-refractivity contribution in [2.24, 2.45) is 0 Å². The highest BCUT2D eigenvalue weighted by molar-refractivity contribution is 5.81. The van der Waals surface area contributed by atoms with E-state index in [9.17, 15) is 4.79 Å². The van der Waals surface area contributed by atoms with E-state index in [0.717, 1.165) is 22.6 Å². The Morgan fingerprint density at radius 3 is 2.10 bits per heavy atom. The molecular formula is C30H30N4O6. The number of amides is 1. The minimum atomic E-state index is -0.256. The van der Waals surface area contributed by atoms with Crippen molar-refractivity contribution in [2.75, 3.05) is 33.6 Å². The van der Waals surface area contributed by atoms with Gasteiger partial charge in [-0.1, -0.05) is 30.3 Å². The van der Waals surface area contributed by atoms with Crippen LogP contribution >= 0.6 is 0 Å². The Labute approximate surface area is 232 Å². The van der Waals surface area contributed by atoms with E-state index in [0.29, 0.717) is 40.9 Å². The van der Waals surface area contributed by atoms with Gasteiger partial charge in [0.25, 0.3) is 0 Å². The second-order valence-electron chi connectivity index (χ2n) is 8.89. The Balaban J connectivity index is 1.56. The molecule has 40 heavy (non-hydrogen) atoms. The summed E-state index contributed by atoms with van der Waals surface area (Å²) in [7, 11) is 6.22. The van der Waals surface area contributed by atoms with E-state index in [1.165, 1.54) is 38.4 Å². The summed E-state index contributed by atoms with van der Waals surface area (Å²) >= 11 is 0. The Kier molecular flexibility index (Phi) is 7.50. The lowest BCUT2D eigenvalue weighted by Gasteiger charge is -2.26. The predicted molar refractivity (Wildman–Crippen MR) is 150 cm³/mol. The summed E-state index contributed by atoms with van der Waals surface area (Å²) in [5.41, 5.74) is 3.92. The van der Waals surface area contributed by atoms with Gasteiger partial charge in [0.2, 0.25) is 17.4 Å². The number of rotatable bonds is 9. The van der Waals surface area contributed by atoms with Gasteiger partial charge < -0.3 is 23.8 Å². The van der Waals surface area contributed by atoms with Gasteiger partial charge in [0.1, 0.15) is 17.1 Å². The van der Waals surface area contributed by atoms with Crippen LogP contribution in [0.5, 0.6) is 23.0 Å². The number of hydrogen-bond donors (Lipinski definition) is 0. The molecule has 1 aliphatic rings. The van der Waals surface area contributed by atoms with Crippen LogP contribution in [0, 0.1) is 0 Å². The fraction of sp³-hybridized carbons (Fsp3) is 0.200. The minimum Gasteiger partial charge on any atom is -0.497 e. The maximum atomic E-state index is 12.7. The van der Waals surface area contributed by atoms with Crippen LogP contribution in [0.3, 0.4) is 0 Å². The van der Waals surface area contributed by atoms with Gasteiger partial charge in [0, 0.05) is 24.6 Å². The maximum absolute atomic E-state index is 12.7. The highest BCUT2D eigenvalue weighted by Gasteiger charge is 2.32. The largest absolute Gasteiger partial charge is 0.497 e. The number of hydrazine groups is 1. The van der Waals surface area contributed by atoms with Crippen molar-refractivity contribution in [3.63, 3.8) is 0 Å². The molecule has 5 rings (SSSR count). The number of aromatic nitrogens is 2. The van der Waals surface area contributed by atoms with Crippen LogP contribution in [0.1, 0.15) is 18.2 Å². The van der Waals surface area contributed by atoms with Crippen molar-refractivity contribution in [3.05, 3.63) is 90.3 Å². The van der Waals surface area contributed by atoms with Crippen molar-refractivity contribution in [1.82, 2.24) is 14.8 Å². The van der Waals surface area contributed by atoms with Crippen LogP contribution in [-0.4, -0.2) is 49.1 Å². The number of nitrogens with zero attached hydrogens (tertiary/aromatic N) is 4. The maximum Gasteiger partial charge on any atom is 0.244 e. The van der Waals surface area contributed by atoms with E-state index >= 15 is 0 Å². The van der Waals surface area contributed by atoms with Gasteiger partial charge in [-0.2, -0.15) is 10.1 Å². The summed E-state index contributed by atoms with van der Waals surface area (Å²) in [6.45, 7) is 1.95. The number of ether oxygens (including phenoxy) is 4. The second-order valence-corrected chi connectivity index (χ2v) is 8.89. The van der Waals surface area contributed by atoms with Crippen LogP contribution in [0.25, 0.3) is 17.0 Å². The van der Waals surface area contributed by atoms with Crippen LogP contribution in [0.15, 0.2) is 79.0 Å². The first-order valence-corrected chi connectivity index (χ1v) is 12.5. The molecule has 0 N–H and O–H groups in total. The molecule has 0 atom stereocenters. The third-order valence-corrected chi connectivity index (χ3v) is 6.41. The van der Waals surface area contributed by atoms with Crippen LogP contribution in [0.2, 0.25) is 0 Å². The van der Waals surface area contributed by atoms with Crippen molar-refractivity contribution in [1.29, 1.82) is 0 Å². The average molecular weight is 543 g/mol. The quantitative estimate of drug-likeness (QED) is 0.287. The van der Waals surface area contributed by atoms with Crippen molar-refractivity contribution >= 4 is 17.4 Å². The average Bonchev–Trinajstić information content (AvgIpc) is 3.62. The molecule has 206 valence electrons. The number of carbonyl (C=O) groups excluding carboxylic acids is 1. The zero-order chi connectivity index (χ0) is 28.2. The van der Waals surface area contributed by atoms with Gasteiger partial charge in [0.05, 0.1) is 46.9 Å². The molecule has 1 amide bonds. The van der Waals surface area contributed by atoms with Crippen LogP contribution < -0.4 is 24.1 Å². The van der Waals surface area contributed by atoms with Gasteiger partial charge in [-0.05, 0) is 35.9 Å². The summed E-state index contributed by atoms with van der Waals surface area (Å²) < 4.78 is 23.6. The third-order valence-electron chi connectivity index (χ3n) is 6.41. The summed E-state index contributed by atoms with van der Waals surface area (Å²) in [6.07, 6.45) is 1.64. The fourth-order valence-corrected chi connectivity index (χ4v) is 4.41. The normalized spacial score (nSPS) is 12.6. The summed E-state index contributed by atoms with van der Waals surface area (Å²) in [5.74, 6) is 2.22. The fourth-order valence-electron chi connectivity index (χ4n) is 4.41. The summed E-state index contributed by atoms with van der Waals surface area (Å²) in [4.78, 5) is 19.1. The molecule has 0 radical (unpaired) electrons. The standard InChI is InChI=1S/C30H30N4O6/c1-20(35)33-19-29(40-34(33)23-15-27(37-3)30(39-5)28(16-23)38-4)26-17-25(22-11-13-24(36-2)14-12-22)31-32(26)18-21-9-7-6-8-10-21/h6-17,19H,18H2,1-5H3.